The van der Waals surface area contributed by atoms with Gasteiger partial charge >= 0.3 is 0 Å². The summed E-state index contributed by atoms with van der Waals surface area (Å²) < 4.78 is 1.87. The van der Waals surface area contributed by atoms with Crippen molar-refractivity contribution in [2.45, 2.75) is 20.4 Å². The summed E-state index contributed by atoms with van der Waals surface area (Å²) in [4.78, 5) is 3.93. The van der Waals surface area contributed by atoms with Crippen LogP contribution in [0.4, 0.5) is 5.69 Å². The van der Waals surface area contributed by atoms with Gasteiger partial charge in [0, 0.05) is 36.7 Å². The lowest BCUT2D eigenvalue weighted by molar-refractivity contribution is 0.730. The highest BCUT2D eigenvalue weighted by molar-refractivity contribution is 5.46. The summed E-state index contributed by atoms with van der Waals surface area (Å²) in [6, 6.07) is 5.61. The molecule has 0 aliphatic heterocycles. The first-order valence-corrected chi connectivity index (χ1v) is 5.71. The quantitative estimate of drug-likeness (QED) is 0.891. The second-order valence-electron chi connectivity index (χ2n) is 4.17. The Bertz CT molecular complexity index is 606. The summed E-state index contributed by atoms with van der Waals surface area (Å²) in [5.74, 6) is 0. The van der Waals surface area contributed by atoms with Crippen molar-refractivity contribution in [1.29, 1.82) is 5.26 Å². The summed E-state index contributed by atoms with van der Waals surface area (Å²) in [6.07, 6.45) is 1.63. The molecule has 0 aromatic carbocycles. The van der Waals surface area contributed by atoms with Crippen LogP contribution in [-0.2, 0) is 13.6 Å². The number of anilines is 1. The van der Waals surface area contributed by atoms with Gasteiger partial charge in [0.1, 0.15) is 11.8 Å². The minimum absolute atomic E-state index is 0.416. The minimum atomic E-state index is 0.416. The van der Waals surface area contributed by atoms with Gasteiger partial charge in [-0.25, -0.2) is 4.98 Å². The van der Waals surface area contributed by atoms with E-state index in [9.17, 15) is 0 Å². The molecular formula is C13H15N5. The van der Waals surface area contributed by atoms with Crippen LogP contribution in [0.1, 0.15) is 22.6 Å². The number of hydrogen-bond acceptors (Lipinski definition) is 4. The summed E-state index contributed by atoms with van der Waals surface area (Å²) >= 11 is 0. The molecule has 5 nitrogen and oxygen atoms in total. The van der Waals surface area contributed by atoms with Gasteiger partial charge < -0.3 is 5.32 Å². The molecule has 2 aromatic heterocycles. The van der Waals surface area contributed by atoms with E-state index >= 15 is 0 Å². The van der Waals surface area contributed by atoms with Crippen molar-refractivity contribution in [3.8, 4) is 6.07 Å². The Morgan fingerprint density at radius 2 is 2.22 bits per heavy atom. The number of nitrogens with one attached hydrogen (secondary N) is 1. The topological polar surface area (TPSA) is 66.5 Å². The number of nitrogens with zero attached hydrogens (tertiary/aromatic N) is 4. The van der Waals surface area contributed by atoms with E-state index in [1.165, 1.54) is 5.56 Å². The van der Waals surface area contributed by atoms with Gasteiger partial charge in [-0.2, -0.15) is 10.4 Å². The van der Waals surface area contributed by atoms with Gasteiger partial charge in [0.25, 0.3) is 0 Å². The molecule has 18 heavy (non-hydrogen) atoms. The molecule has 0 saturated carbocycles. The Kier molecular flexibility index (Phi) is 3.28. The van der Waals surface area contributed by atoms with Crippen LogP contribution in [0.2, 0.25) is 0 Å². The summed E-state index contributed by atoms with van der Waals surface area (Å²) in [5, 5.41) is 16.4. The highest BCUT2D eigenvalue weighted by atomic mass is 15.3. The van der Waals surface area contributed by atoms with E-state index in [4.69, 9.17) is 5.26 Å². The number of rotatable bonds is 3. The van der Waals surface area contributed by atoms with E-state index in [0.29, 0.717) is 12.2 Å². The van der Waals surface area contributed by atoms with Crippen molar-refractivity contribution in [3.05, 3.63) is 41.0 Å². The molecule has 2 aromatic rings. The molecule has 1 N–H and O–H groups in total. The third kappa shape index (κ3) is 2.33. The molecule has 0 aliphatic rings. The largest absolute Gasteiger partial charge is 0.381 e. The van der Waals surface area contributed by atoms with Crippen LogP contribution in [0.3, 0.4) is 0 Å². The molecule has 0 radical (unpaired) electrons. The van der Waals surface area contributed by atoms with Crippen LogP contribution in [0.15, 0.2) is 18.3 Å². The van der Waals surface area contributed by atoms with Gasteiger partial charge in [-0.15, -0.1) is 0 Å². The summed E-state index contributed by atoms with van der Waals surface area (Å²) in [7, 11) is 1.94. The zero-order chi connectivity index (χ0) is 13.1. The average molecular weight is 241 g/mol. The maximum absolute atomic E-state index is 8.79. The van der Waals surface area contributed by atoms with Gasteiger partial charge in [0.2, 0.25) is 0 Å². The van der Waals surface area contributed by atoms with Crippen molar-refractivity contribution in [2.75, 3.05) is 5.32 Å². The first-order valence-electron chi connectivity index (χ1n) is 5.71. The number of pyridine rings is 1. The van der Waals surface area contributed by atoms with Crippen LogP contribution < -0.4 is 5.32 Å². The maximum Gasteiger partial charge on any atom is 0.142 e. The Morgan fingerprint density at radius 3 is 2.83 bits per heavy atom. The van der Waals surface area contributed by atoms with Gasteiger partial charge in [-0.05, 0) is 26.0 Å². The van der Waals surface area contributed by atoms with Crippen LogP contribution in [0, 0.1) is 25.2 Å². The lowest BCUT2D eigenvalue weighted by Gasteiger charge is -2.06. The monoisotopic (exact) mass is 241 g/mol. The molecule has 0 bridgehead atoms. The molecule has 0 fully saturated rings. The fourth-order valence-corrected chi connectivity index (χ4v) is 1.87. The Balaban J connectivity index is 2.14. The smallest absolute Gasteiger partial charge is 0.142 e. The van der Waals surface area contributed by atoms with E-state index in [2.05, 4.69) is 15.4 Å². The van der Waals surface area contributed by atoms with Crippen molar-refractivity contribution in [3.63, 3.8) is 0 Å². The molecule has 92 valence electrons. The first-order chi connectivity index (χ1) is 8.61. The molecule has 0 atom stereocenters. The lowest BCUT2D eigenvalue weighted by atomic mass is 10.2. The number of aromatic nitrogens is 3. The molecular weight excluding hydrogens is 226 g/mol. The van der Waals surface area contributed by atoms with Crippen LogP contribution in [-0.4, -0.2) is 14.8 Å². The lowest BCUT2D eigenvalue weighted by Crippen LogP contribution is -2.02. The van der Waals surface area contributed by atoms with Crippen molar-refractivity contribution < 1.29 is 0 Å². The Labute approximate surface area is 106 Å². The number of hydrogen-bond donors (Lipinski definition) is 1. The SMILES string of the molecule is Cc1nn(C)c(C)c1CNc1ccnc(C#N)c1. The predicted octanol–water partition coefficient (Wildman–Crippen LogP) is 1.92. The number of nitriles is 1. The van der Waals surface area contributed by atoms with E-state index in [1.54, 1.807) is 12.3 Å². The van der Waals surface area contributed by atoms with E-state index < -0.39 is 0 Å². The molecule has 0 unspecified atom stereocenters. The van der Waals surface area contributed by atoms with Crippen molar-refractivity contribution in [2.24, 2.45) is 7.05 Å². The molecule has 0 aliphatic carbocycles. The van der Waals surface area contributed by atoms with E-state index in [1.807, 2.05) is 37.7 Å². The number of aryl methyl sites for hydroxylation is 2. The summed E-state index contributed by atoms with van der Waals surface area (Å²) in [6.45, 7) is 4.74. The fourth-order valence-electron chi connectivity index (χ4n) is 1.87. The highest BCUT2D eigenvalue weighted by Gasteiger charge is 2.08. The molecule has 2 rings (SSSR count). The van der Waals surface area contributed by atoms with Gasteiger partial charge in [-0.1, -0.05) is 0 Å². The van der Waals surface area contributed by atoms with Crippen molar-refractivity contribution >= 4 is 5.69 Å². The average Bonchev–Trinajstić information content (AvgIpc) is 2.61. The normalized spacial score (nSPS) is 10.1. The van der Waals surface area contributed by atoms with Crippen LogP contribution in [0.25, 0.3) is 0 Å². The van der Waals surface area contributed by atoms with Gasteiger partial charge in [0.15, 0.2) is 0 Å². The second-order valence-corrected chi connectivity index (χ2v) is 4.17. The first kappa shape index (κ1) is 12.1. The maximum atomic E-state index is 8.79. The standard InChI is InChI=1S/C13H15N5/c1-9-13(10(2)18(3)17-9)8-16-11-4-5-15-12(6-11)7-14/h4-6H,8H2,1-3H3,(H,15,16). The Hall–Kier alpha value is -2.35. The summed E-state index contributed by atoms with van der Waals surface area (Å²) in [5.41, 5.74) is 4.67. The second kappa shape index (κ2) is 4.88. The van der Waals surface area contributed by atoms with Gasteiger partial charge in [-0.3, -0.25) is 4.68 Å². The highest BCUT2D eigenvalue weighted by Crippen LogP contribution is 2.15. The zero-order valence-corrected chi connectivity index (χ0v) is 10.7. The van der Waals surface area contributed by atoms with Gasteiger partial charge in [0.05, 0.1) is 5.69 Å². The third-order valence-corrected chi connectivity index (χ3v) is 3.00. The van der Waals surface area contributed by atoms with E-state index in [0.717, 1.165) is 17.1 Å². The molecule has 0 saturated heterocycles. The molecule has 0 amide bonds. The molecule has 0 spiro atoms. The van der Waals surface area contributed by atoms with E-state index in [-0.39, 0.29) is 0 Å². The predicted molar refractivity (Wildman–Crippen MR) is 69.0 cm³/mol. The van der Waals surface area contributed by atoms with Crippen molar-refractivity contribution in [1.82, 2.24) is 14.8 Å². The molecule has 5 heteroatoms. The zero-order valence-electron chi connectivity index (χ0n) is 10.7. The molecule has 2 heterocycles. The minimum Gasteiger partial charge on any atom is -0.381 e. The van der Waals surface area contributed by atoms with Crippen LogP contribution in [0.5, 0.6) is 0 Å². The Morgan fingerprint density at radius 1 is 1.44 bits per heavy atom. The fraction of sp³-hybridized carbons (Fsp3) is 0.308. The van der Waals surface area contributed by atoms with Crippen LogP contribution >= 0.6 is 0 Å². The third-order valence-electron chi connectivity index (χ3n) is 3.00.